The summed E-state index contributed by atoms with van der Waals surface area (Å²) >= 11 is 0. The molecule has 0 radical (unpaired) electrons. The standard InChI is InChI=1S/C20H22O2/c1-12-13-4-5-16-15(14(13)6-8-18(12)22-3)10-11-20(2)17(16)7-9-19(20)21/h6-8H,4-5,9-11H2,1-3H3/t20-/m1/s1. The quantitative estimate of drug-likeness (QED) is 0.767. The van der Waals surface area contributed by atoms with Crippen molar-refractivity contribution in [1.29, 1.82) is 0 Å². The van der Waals surface area contributed by atoms with Crippen molar-refractivity contribution in [2.45, 2.75) is 46.0 Å². The third-order valence-electron chi connectivity index (χ3n) is 5.98. The summed E-state index contributed by atoms with van der Waals surface area (Å²) in [5.41, 5.74) is 8.16. The van der Waals surface area contributed by atoms with Crippen LogP contribution < -0.4 is 4.74 Å². The first kappa shape index (κ1) is 13.8. The molecule has 0 saturated carbocycles. The van der Waals surface area contributed by atoms with Crippen LogP contribution in [0, 0.1) is 12.3 Å². The van der Waals surface area contributed by atoms with E-state index in [1.165, 1.54) is 33.4 Å². The Morgan fingerprint density at radius 1 is 1.14 bits per heavy atom. The van der Waals surface area contributed by atoms with E-state index in [1.54, 1.807) is 7.11 Å². The summed E-state index contributed by atoms with van der Waals surface area (Å²) in [6.45, 7) is 4.31. The molecule has 114 valence electrons. The van der Waals surface area contributed by atoms with Crippen molar-refractivity contribution in [2.24, 2.45) is 5.41 Å². The van der Waals surface area contributed by atoms with Crippen LogP contribution in [0.4, 0.5) is 0 Å². The molecule has 0 heterocycles. The van der Waals surface area contributed by atoms with Gasteiger partial charge in [0, 0.05) is 6.42 Å². The molecule has 0 unspecified atom stereocenters. The number of hydrogen-bond donors (Lipinski definition) is 0. The Labute approximate surface area is 131 Å². The van der Waals surface area contributed by atoms with Gasteiger partial charge in [0.1, 0.15) is 11.5 Å². The van der Waals surface area contributed by atoms with Crippen molar-refractivity contribution in [3.8, 4) is 5.75 Å². The number of fused-ring (bicyclic) bond motifs is 4. The van der Waals surface area contributed by atoms with Gasteiger partial charge in [-0.2, -0.15) is 0 Å². The van der Waals surface area contributed by atoms with Crippen molar-refractivity contribution >= 4 is 11.4 Å². The van der Waals surface area contributed by atoms with E-state index in [1.807, 2.05) is 0 Å². The highest BCUT2D eigenvalue weighted by Gasteiger charge is 2.45. The predicted molar refractivity (Wildman–Crippen MR) is 88.0 cm³/mol. The molecule has 4 rings (SSSR count). The molecule has 0 N–H and O–H groups in total. The summed E-state index contributed by atoms with van der Waals surface area (Å²) in [6.07, 6.45) is 6.91. The van der Waals surface area contributed by atoms with E-state index in [9.17, 15) is 4.79 Å². The molecule has 0 spiro atoms. The number of carbonyl (C=O) groups excluding carboxylic acids is 1. The molecular formula is C20H22O2. The van der Waals surface area contributed by atoms with E-state index < -0.39 is 0 Å². The molecule has 0 fully saturated rings. The molecule has 0 amide bonds. The summed E-state index contributed by atoms with van der Waals surface area (Å²) in [5, 5.41) is 0. The Bertz CT molecular complexity index is 751. The van der Waals surface area contributed by atoms with Gasteiger partial charge < -0.3 is 4.74 Å². The summed E-state index contributed by atoms with van der Waals surface area (Å²) in [6, 6.07) is 4.31. The van der Waals surface area contributed by atoms with Crippen LogP contribution in [0.1, 0.15) is 49.3 Å². The lowest BCUT2D eigenvalue weighted by Gasteiger charge is -2.38. The number of methoxy groups -OCH3 is 1. The number of Topliss-reactive ketones (excluding diaryl/α,β-unsaturated/α-hetero) is 1. The van der Waals surface area contributed by atoms with Crippen LogP contribution in [0.25, 0.3) is 5.57 Å². The minimum absolute atomic E-state index is 0.210. The second-order valence-corrected chi connectivity index (χ2v) is 6.95. The van der Waals surface area contributed by atoms with Crippen molar-refractivity contribution in [2.75, 3.05) is 7.11 Å². The minimum atomic E-state index is -0.210. The van der Waals surface area contributed by atoms with Crippen molar-refractivity contribution in [3.63, 3.8) is 0 Å². The van der Waals surface area contributed by atoms with E-state index in [-0.39, 0.29) is 5.41 Å². The number of ether oxygens (including phenoxy) is 1. The fourth-order valence-electron chi connectivity index (χ4n) is 4.61. The van der Waals surface area contributed by atoms with Gasteiger partial charge >= 0.3 is 0 Å². The molecular weight excluding hydrogens is 272 g/mol. The maximum absolute atomic E-state index is 12.3. The van der Waals surface area contributed by atoms with Crippen LogP contribution >= 0.6 is 0 Å². The highest BCUT2D eigenvalue weighted by Crippen LogP contribution is 2.54. The molecule has 0 saturated heterocycles. The first-order valence-corrected chi connectivity index (χ1v) is 8.19. The lowest BCUT2D eigenvalue weighted by atomic mass is 9.65. The normalized spacial score (nSPS) is 26.3. The Kier molecular flexibility index (Phi) is 2.87. The summed E-state index contributed by atoms with van der Waals surface area (Å²) in [4.78, 5) is 12.3. The Morgan fingerprint density at radius 2 is 1.95 bits per heavy atom. The van der Waals surface area contributed by atoms with Crippen LogP contribution in [-0.4, -0.2) is 12.9 Å². The van der Waals surface area contributed by atoms with Gasteiger partial charge in [0.05, 0.1) is 12.5 Å². The zero-order valence-corrected chi connectivity index (χ0v) is 13.6. The molecule has 22 heavy (non-hydrogen) atoms. The lowest BCUT2D eigenvalue weighted by Crippen LogP contribution is -2.30. The lowest BCUT2D eigenvalue weighted by molar-refractivity contribution is -0.124. The molecule has 1 aromatic rings. The molecule has 0 bridgehead atoms. The van der Waals surface area contributed by atoms with E-state index in [0.717, 1.165) is 31.4 Å². The SMILES string of the molecule is COc1ccc2c(c1C)CCC1=C2CC[C@@]2(C)C(=O)CC=C12. The average molecular weight is 294 g/mol. The first-order valence-electron chi connectivity index (χ1n) is 8.19. The van der Waals surface area contributed by atoms with Gasteiger partial charge in [-0.05, 0) is 79.0 Å². The highest BCUT2D eigenvalue weighted by molar-refractivity contribution is 5.96. The Balaban J connectivity index is 1.88. The maximum Gasteiger partial charge on any atom is 0.146 e. The van der Waals surface area contributed by atoms with Crippen LogP contribution in [0.15, 0.2) is 29.4 Å². The van der Waals surface area contributed by atoms with Gasteiger partial charge in [0.25, 0.3) is 0 Å². The third kappa shape index (κ3) is 1.64. The topological polar surface area (TPSA) is 26.3 Å². The van der Waals surface area contributed by atoms with E-state index >= 15 is 0 Å². The van der Waals surface area contributed by atoms with Crippen LogP contribution in [-0.2, 0) is 11.2 Å². The van der Waals surface area contributed by atoms with Gasteiger partial charge in [-0.3, -0.25) is 4.79 Å². The number of benzene rings is 1. The molecule has 1 atom stereocenters. The van der Waals surface area contributed by atoms with Gasteiger partial charge in [0.15, 0.2) is 0 Å². The Hall–Kier alpha value is -1.83. The van der Waals surface area contributed by atoms with E-state index in [0.29, 0.717) is 12.2 Å². The van der Waals surface area contributed by atoms with Gasteiger partial charge in [-0.1, -0.05) is 12.1 Å². The Morgan fingerprint density at radius 3 is 2.73 bits per heavy atom. The number of ketones is 1. The summed E-state index contributed by atoms with van der Waals surface area (Å²) < 4.78 is 5.47. The second-order valence-electron chi connectivity index (χ2n) is 6.95. The maximum atomic E-state index is 12.3. The second kappa shape index (κ2) is 4.58. The van der Waals surface area contributed by atoms with Gasteiger partial charge in [0.2, 0.25) is 0 Å². The fourth-order valence-corrected chi connectivity index (χ4v) is 4.61. The van der Waals surface area contributed by atoms with E-state index in [4.69, 9.17) is 4.74 Å². The number of carbonyl (C=O) groups is 1. The average Bonchev–Trinajstić information content (AvgIpc) is 2.83. The monoisotopic (exact) mass is 294 g/mol. The van der Waals surface area contributed by atoms with Gasteiger partial charge in [-0.15, -0.1) is 0 Å². The third-order valence-corrected chi connectivity index (χ3v) is 5.98. The molecule has 3 aliphatic carbocycles. The van der Waals surface area contributed by atoms with Crippen LogP contribution in [0.2, 0.25) is 0 Å². The molecule has 3 aliphatic rings. The first-order chi connectivity index (χ1) is 10.6. The van der Waals surface area contributed by atoms with Crippen molar-refractivity contribution in [1.82, 2.24) is 0 Å². The van der Waals surface area contributed by atoms with E-state index in [2.05, 4.69) is 32.1 Å². The van der Waals surface area contributed by atoms with Gasteiger partial charge in [-0.25, -0.2) is 0 Å². The smallest absolute Gasteiger partial charge is 0.146 e. The number of allylic oxidation sites excluding steroid dienone is 4. The molecule has 0 aromatic heterocycles. The summed E-state index contributed by atoms with van der Waals surface area (Å²) in [7, 11) is 1.74. The fraction of sp³-hybridized carbons (Fsp3) is 0.450. The van der Waals surface area contributed by atoms with Crippen molar-refractivity contribution in [3.05, 3.63) is 46.0 Å². The van der Waals surface area contributed by atoms with Crippen LogP contribution in [0.3, 0.4) is 0 Å². The minimum Gasteiger partial charge on any atom is -0.496 e. The molecule has 2 heteroatoms. The largest absolute Gasteiger partial charge is 0.496 e. The number of rotatable bonds is 1. The number of hydrogen-bond acceptors (Lipinski definition) is 2. The molecule has 1 aromatic carbocycles. The van der Waals surface area contributed by atoms with Crippen molar-refractivity contribution < 1.29 is 9.53 Å². The highest BCUT2D eigenvalue weighted by atomic mass is 16.5. The summed E-state index contributed by atoms with van der Waals surface area (Å²) in [5.74, 6) is 1.39. The zero-order valence-electron chi connectivity index (χ0n) is 13.6. The zero-order chi connectivity index (χ0) is 15.5. The van der Waals surface area contributed by atoms with Crippen LogP contribution in [0.5, 0.6) is 5.75 Å². The predicted octanol–water partition coefficient (Wildman–Crippen LogP) is 4.40. The molecule has 0 aliphatic heterocycles. The molecule has 2 nitrogen and oxygen atoms in total.